The number of nitrogens with two attached hydrogens (primary N) is 1. The van der Waals surface area contributed by atoms with E-state index >= 15 is 0 Å². The summed E-state index contributed by atoms with van der Waals surface area (Å²) in [6, 6.07) is 2.15. The molecule has 0 aromatic heterocycles. The molecule has 4 aliphatic rings. The highest BCUT2D eigenvalue weighted by Crippen LogP contribution is 2.53. The third kappa shape index (κ3) is 3.24. The van der Waals surface area contributed by atoms with E-state index in [0.29, 0.717) is 38.3 Å². The summed E-state index contributed by atoms with van der Waals surface area (Å²) in [6.45, 7) is 5.27. The summed E-state index contributed by atoms with van der Waals surface area (Å²) >= 11 is 0. The number of ether oxygens (including phenoxy) is 1. The first-order valence-corrected chi connectivity index (χ1v) is 12.1. The molecule has 6 N–H and O–H groups in total. The highest BCUT2D eigenvalue weighted by molar-refractivity contribution is 6.24. The van der Waals surface area contributed by atoms with Gasteiger partial charge in [-0.1, -0.05) is 19.9 Å². The lowest BCUT2D eigenvalue weighted by Gasteiger charge is -2.51. The monoisotopic (exact) mass is 498 g/mol. The number of aliphatic hydroxyl groups is 3. The first-order valence-electron chi connectivity index (χ1n) is 12.1. The van der Waals surface area contributed by atoms with Gasteiger partial charge in [-0.15, -0.1) is 0 Å². The maximum absolute atomic E-state index is 13.9. The molecule has 1 heterocycles. The van der Waals surface area contributed by atoms with Crippen molar-refractivity contribution in [3.05, 3.63) is 45.7 Å². The third-order valence-electron chi connectivity index (χ3n) is 8.15. The fourth-order valence-corrected chi connectivity index (χ4v) is 6.49. The Morgan fingerprint density at radius 3 is 2.44 bits per heavy atom. The van der Waals surface area contributed by atoms with Crippen molar-refractivity contribution in [2.75, 3.05) is 26.3 Å². The summed E-state index contributed by atoms with van der Waals surface area (Å²) in [6.07, 6.45) is 0.379. The van der Waals surface area contributed by atoms with Crippen molar-refractivity contribution >= 4 is 23.2 Å². The minimum Gasteiger partial charge on any atom is -0.508 e. The highest BCUT2D eigenvalue weighted by Gasteiger charge is 2.64. The van der Waals surface area contributed by atoms with E-state index in [1.54, 1.807) is 11.0 Å². The van der Waals surface area contributed by atoms with E-state index in [2.05, 4.69) is 0 Å². The zero-order chi connectivity index (χ0) is 26.1. The number of phenols is 1. The van der Waals surface area contributed by atoms with Crippen LogP contribution in [-0.4, -0.2) is 80.7 Å². The number of hydrogen-bond donors (Lipinski definition) is 5. The fourth-order valence-electron chi connectivity index (χ4n) is 6.49. The smallest absolute Gasteiger partial charge is 0.255 e. The van der Waals surface area contributed by atoms with Gasteiger partial charge in [0.15, 0.2) is 11.4 Å². The zero-order valence-corrected chi connectivity index (χ0v) is 20.2. The van der Waals surface area contributed by atoms with Gasteiger partial charge in [0.25, 0.3) is 5.91 Å². The molecule has 36 heavy (non-hydrogen) atoms. The molecule has 1 saturated heterocycles. The second-order valence-corrected chi connectivity index (χ2v) is 10.3. The lowest BCUT2D eigenvalue weighted by Crippen LogP contribution is -2.67. The van der Waals surface area contributed by atoms with Gasteiger partial charge >= 0.3 is 0 Å². The average molecular weight is 499 g/mol. The molecular formula is C26H30N2O8. The number of benzene rings is 1. The molecule has 192 valence electrons. The van der Waals surface area contributed by atoms with E-state index < -0.39 is 58.0 Å². The molecule has 0 radical (unpaired) electrons. The van der Waals surface area contributed by atoms with E-state index in [1.165, 1.54) is 6.07 Å². The number of carbonyl (C=O) groups is 3. The molecule has 5 rings (SSSR count). The van der Waals surface area contributed by atoms with Crippen LogP contribution in [0.1, 0.15) is 42.9 Å². The first kappa shape index (κ1) is 24.5. The Morgan fingerprint density at radius 1 is 1.17 bits per heavy atom. The van der Waals surface area contributed by atoms with Crippen LogP contribution in [-0.2, 0) is 25.5 Å². The summed E-state index contributed by atoms with van der Waals surface area (Å²) in [5.41, 5.74) is 3.57. The Hall–Kier alpha value is -3.21. The number of rotatable bonds is 3. The van der Waals surface area contributed by atoms with E-state index in [9.17, 15) is 34.8 Å². The van der Waals surface area contributed by atoms with Crippen LogP contribution >= 0.6 is 0 Å². The van der Waals surface area contributed by atoms with Crippen molar-refractivity contribution in [1.82, 2.24) is 4.90 Å². The van der Waals surface area contributed by atoms with Gasteiger partial charge < -0.3 is 30.9 Å². The normalized spacial score (nSPS) is 30.8. The maximum atomic E-state index is 13.9. The number of hydrogen-bond acceptors (Lipinski definition) is 9. The molecule has 1 saturated carbocycles. The zero-order valence-electron chi connectivity index (χ0n) is 20.2. The van der Waals surface area contributed by atoms with Gasteiger partial charge in [-0.2, -0.15) is 0 Å². The lowest BCUT2D eigenvalue weighted by molar-refractivity contribution is -0.157. The standard InChI is InChI=1S/C26H30N2O8/c1-11(2)13-3-4-16(29)18-14(13)9-12-10-15-20(28-5-7-36-8-6-28)22(31)19(25(27)34)24(33)26(15,35)23(32)17(12)21(18)30/h3-4,11-12,15,20,29-30,33,35H,5-10H2,1-2H3,(H2,27,34). The van der Waals surface area contributed by atoms with Gasteiger partial charge in [-0.05, 0) is 41.9 Å². The van der Waals surface area contributed by atoms with Gasteiger partial charge in [0.05, 0.1) is 24.8 Å². The Bertz CT molecular complexity index is 1240. The Kier molecular flexibility index (Phi) is 5.73. The van der Waals surface area contributed by atoms with Crippen molar-refractivity contribution in [3.8, 4) is 5.75 Å². The van der Waals surface area contributed by atoms with Crippen LogP contribution in [0.25, 0.3) is 5.76 Å². The number of fused-ring (bicyclic) bond motifs is 3. The lowest BCUT2D eigenvalue weighted by atomic mass is 9.57. The number of nitrogens with zero attached hydrogens (tertiary/aromatic N) is 1. The summed E-state index contributed by atoms with van der Waals surface area (Å²) in [5.74, 6) is -6.31. The third-order valence-corrected chi connectivity index (χ3v) is 8.15. The Morgan fingerprint density at radius 2 is 1.83 bits per heavy atom. The summed E-state index contributed by atoms with van der Waals surface area (Å²) < 4.78 is 5.39. The largest absolute Gasteiger partial charge is 0.508 e. The van der Waals surface area contributed by atoms with Crippen LogP contribution in [0.5, 0.6) is 5.75 Å². The van der Waals surface area contributed by atoms with Crippen molar-refractivity contribution in [2.45, 2.75) is 44.2 Å². The van der Waals surface area contributed by atoms with Crippen LogP contribution in [0.15, 0.2) is 29.0 Å². The van der Waals surface area contributed by atoms with Crippen molar-refractivity contribution in [3.63, 3.8) is 0 Å². The number of primary amides is 1. The van der Waals surface area contributed by atoms with Crippen LogP contribution in [0.2, 0.25) is 0 Å². The summed E-state index contributed by atoms with van der Waals surface area (Å²) in [4.78, 5) is 41.4. The molecule has 2 fully saturated rings. The molecule has 1 aliphatic heterocycles. The van der Waals surface area contributed by atoms with Crippen molar-refractivity contribution in [1.29, 1.82) is 0 Å². The Balaban J connectivity index is 1.72. The number of aromatic hydroxyl groups is 1. The fraction of sp³-hybridized carbons (Fsp3) is 0.500. The van der Waals surface area contributed by atoms with E-state index in [1.807, 2.05) is 13.8 Å². The van der Waals surface area contributed by atoms with E-state index in [0.717, 1.165) is 5.56 Å². The molecule has 4 atom stereocenters. The average Bonchev–Trinajstić information content (AvgIpc) is 2.82. The number of carbonyl (C=O) groups excluding carboxylic acids is 3. The molecule has 3 aliphatic carbocycles. The number of Topliss-reactive ketones (excluding diaryl/α,β-unsaturated/α-hetero) is 2. The van der Waals surface area contributed by atoms with Crippen LogP contribution in [0, 0.1) is 11.8 Å². The molecule has 1 amide bonds. The SMILES string of the molecule is CC(C)c1ccc(O)c2c1CC1CC3C(N4CCOCC4)C(=O)C(C(N)=O)=C(O)C3(O)C(=O)C1=C2O. The minimum atomic E-state index is -2.64. The molecule has 0 spiro atoms. The van der Waals surface area contributed by atoms with Gasteiger partial charge in [-0.25, -0.2) is 0 Å². The number of aliphatic hydroxyl groups excluding tert-OH is 2. The molecule has 10 heteroatoms. The maximum Gasteiger partial charge on any atom is 0.255 e. The molecule has 1 aromatic carbocycles. The van der Waals surface area contributed by atoms with Gasteiger partial charge in [0.1, 0.15) is 22.8 Å². The number of ketones is 2. The molecule has 4 unspecified atom stereocenters. The molecule has 0 bridgehead atoms. The van der Waals surface area contributed by atoms with Gasteiger partial charge in [0, 0.05) is 24.6 Å². The summed E-state index contributed by atoms with van der Waals surface area (Å²) in [5, 5.41) is 44.6. The Labute approximate surface area is 207 Å². The minimum absolute atomic E-state index is 0.0763. The van der Waals surface area contributed by atoms with E-state index in [4.69, 9.17) is 10.5 Å². The van der Waals surface area contributed by atoms with E-state index in [-0.39, 0.29) is 29.2 Å². The molecule has 10 nitrogen and oxygen atoms in total. The second kappa shape index (κ2) is 8.43. The number of morpholine rings is 1. The quantitative estimate of drug-likeness (QED) is 0.379. The van der Waals surface area contributed by atoms with Crippen LogP contribution in [0.3, 0.4) is 0 Å². The topological polar surface area (TPSA) is 171 Å². The molecular weight excluding hydrogens is 468 g/mol. The first-order chi connectivity index (χ1) is 17.0. The second-order valence-electron chi connectivity index (χ2n) is 10.3. The summed E-state index contributed by atoms with van der Waals surface area (Å²) in [7, 11) is 0. The van der Waals surface area contributed by atoms with Gasteiger partial charge in [-0.3, -0.25) is 19.3 Å². The van der Waals surface area contributed by atoms with Crippen molar-refractivity contribution < 1.29 is 39.5 Å². The van der Waals surface area contributed by atoms with Crippen LogP contribution in [0.4, 0.5) is 0 Å². The van der Waals surface area contributed by atoms with Crippen LogP contribution < -0.4 is 5.73 Å². The van der Waals surface area contributed by atoms with Crippen molar-refractivity contribution in [2.24, 2.45) is 17.6 Å². The number of phenolic OH excluding ortho intramolecular Hbond substituents is 1. The molecule has 1 aromatic rings. The predicted octanol–water partition coefficient (Wildman–Crippen LogP) is 0.858. The van der Waals surface area contributed by atoms with Gasteiger partial charge in [0.2, 0.25) is 5.78 Å². The highest BCUT2D eigenvalue weighted by atomic mass is 16.5. The predicted molar refractivity (Wildman–Crippen MR) is 127 cm³/mol. The number of amides is 1.